The van der Waals surface area contributed by atoms with Gasteiger partial charge in [-0.1, -0.05) is 45.7 Å². The Balaban J connectivity index is 1.48. The van der Waals surface area contributed by atoms with Gasteiger partial charge in [-0.3, -0.25) is 9.59 Å². The Morgan fingerprint density at radius 2 is 1.58 bits per heavy atom. The largest absolute Gasteiger partial charge is 0.336 e. The van der Waals surface area contributed by atoms with Crippen LogP contribution in [0.3, 0.4) is 0 Å². The van der Waals surface area contributed by atoms with E-state index in [1.807, 2.05) is 11.9 Å². The molecule has 1 heterocycles. The van der Waals surface area contributed by atoms with E-state index in [-0.39, 0.29) is 17.3 Å². The zero-order valence-corrected chi connectivity index (χ0v) is 24.0. The van der Waals surface area contributed by atoms with Gasteiger partial charge in [0.1, 0.15) is 0 Å². The van der Waals surface area contributed by atoms with Crippen LogP contribution in [0.25, 0.3) is 0 Å². The number of carbonyl (C=O) groups is 2. The topological polar surface area (TPSA) is 90.0 Å². The van der Waals surface area contributed by atoms with Crippen molar-refractivity contribution in [2.75, 3.05) is 45.1 Å². The van der Waals surface area contributed by atoms with Gasteiger partial charge in [0, 0.05) is 53.5 Å². The van der Waals surface area contributed by atoms with Crippen molar-refractivity contribution < 1.29 is 18.0 Å². The third-order valence-electron chi connectivity index (χ3n) is 6.28. The Morgan fingerprint density at radius 3 is 2.21 bits per heavy atom. The minimum atomic E-state index is -4.02. The number of benzene rings is 3. The van der Waals surface area contributed by atoms with Gasteiger partial charge >= 0.3 is 0 Å². The molecule has 8 nitrogen and oxygen atoms in total. The predicted octanol–water partition coefficient (Wildman–Crippen LogP) is 4.32. The van der Waals surface area contributed by atoms with Crippen molar-refractivity contribution in [1.29, 1.82) is 0 Å². The molecule has 0 unspecified atom stereocenters. The lowest BCUT2D eigenvalue weighted by atomic mass is 10.1. The fourth-order valence-electron chi connectivity index (χ4n) is 4.05. The highest BCUT2D eigenvalue weighted by atomic mass is 79.9. The summed E-state index contributed by atoms with van der Waals surface area (Å²) < 4.78 is 28.8. The Labute approximate surface area is 236 Å². The fraction of sp³-hybridized carbons (Fsp3) is 0.259. The third-order valence-corrected chi connectivity index (χ3v) is 8.99. The first-order valence-corrected chi connectivity index (χ1v) is 14.6. The first kappa shape index (κ1) is 28.3. The van der Waals surface area contributed by atoms with Gasteiger partial charge < -0.3 is 15.1 Å². The molecule has 11 heteroatoms. The second-order valence-corrected chi connectivity index (χ2v) is 12.3. The van der Waals surface area contributed by atoms with Crippen LogP contribution in [0.2, 0.25) is 5.02 Å². The molecule has 0 radical (unpaired) electrons. The molecule has 0 saturated carbocycles. The van der Waals surface area contributed by atoms with E-state index in [0.717, 1.165) is 21.9 Å². The van der Waals surface area contributed by atoms with Gasteiger partial charge in [-0.2, -0.15) is 4.31 Å². The van der Waals surface area contributed by atoms with Crippen molar-refractivity contribution in [2.45, 2.75) is 11.4 Å². The number of anilines is 1. The van der Waals surface area contributed by atoms with Crippen LogP contribution in [0.4, 0.5) is 5.69 Å². The Bertz CT molecular complexity index is 1390. The van der Waals surface area contributed by atoms with E-state index in [1.54, 1.807) is 60.7 Å². The van der Waals surface area contributed by atoms with Gasteiger partial charge in [-0.25, -0.2) is 8.42 Å². The van der Waals surface area contributed by atoms with Crippen molar-refractivity contribution >= 4 is 55.1 Å². The molecule has 0 spiro atoms. The quantitative estimate of drug-likeness (QED) is 0.406. The van der Waals surface area contributed by atoms with E-state index in [1.165, 1.54) is 12.1 Å². The molecule has 1 aliphatic heterocycles. The summed E-state index contributed by atoms with van der Waals surface area (Å²) in [6.45, 7) is 2.49. The molecule has 3 aromatic carbocycles. The van der Waals surface area contributed by atoms with Crippen LogP contribution in [0, 0.1) is 0 Å². The molecular formula is C27H28BrClN4O4S. The lowest BCUT2D eigenvalue weighted by Gasteiger charge is -2.32. The smallest absolute Gasteiger partial charge is 0.253 e. The summed E-state index contributed by atoms with van der Waals surface area (Å²) in [5.74, 6) is -0.571. The predicted molar refractivity (Wildman–Crippen MR) is 152 cm³/mol. The first-order chi connectivity index (χ1) is 18.1. The highest BCUT2D eigenvalue weighted by molar-refractivity contribution is 9.10. The fourth-order valence-corrected chi connectivity index (χ4v) is 5.88. The van der Waals surface area contributed by atoms with Crippen LogP contribution < -0.4 is 5.32 Å². The molecule has 0 atom stereocenters. The molecule has 1 fully saturated rings. The zero-order valence-electron chi connectivity index (χ0n) is 20.8. The molecule has 3 aromatic rings. The summed E-state index contributed by atoms with van der Waals surface area (Å²) in [6, 6.07) is 19.7. The summed E-state index contributed by atoms with van der Waals surface area (Å²) in [5, 5.41) is 3.15. The number of hydrogen-bond donors (Lipinski definition) is 1. The average molecular weight is 620 g/mol. The maximum atomic E-state index is 13.5. The average Bonchev–Trinajstić information content (AvgIpc) is 2.90. The molecule has 1 N–H and O–H groups in total. The molecule has 1 saturated heterocycles. The Kier molecular flexibility index (Phi) is 9.22. The summed E-state index contributed by atoms with van der Waals surface area (Å²) in [4.78, 5) is 29.8. The van der Waals surface area contributed by atoms with Crippen LogP contribution in [0.15, 0.2) is 82.2 Å². The van der Waals surface area contributed by atoms with Crippen LogP contribution in [-0.2, 0) is 21.4 Å². The molecule has 0 aliphatic carbocycles. The van der Waals surface area contributed by atoms with Crippen molar-refractivity contribution in [2.24, 2.45) is 0 Å². The lowest BCUT2D eigenvalue weighted by Crippen LogP contribution is -2.47. The van der Waals surface area contributed by atoms with Crippen molar-refractivity contribution in [1.82, 2.24) is 14.1 Å². The SMILES string of the molecule is CN1CCN(C(=O)c2ccc(NC(=O)CN(Cc3ccccc3Cl)S(=O)(=O)c3ccc(Br)cc3)cc2)CC1. The summed E-state index contributed by atoms with van der Waals surface area (Å²) in [6.07, 6.45) is 0. The van der Waals surface area contributed by atoms with Gasteiger partial charge in [0.2, 0.25) is 15.9 Å². The Morgan fingerprint density at radius 1 is 0.947 bits per heavy atom. The summed E-state index contributed by atoms with van der Waals surface area (Å²) in [7, 11) is -1.99. The molecular weight excluding hydrogens is 592 g/mol. The van der Waals surface area contributed by atoms with E-state index < -0.39 is 22.5 Å². The summed E-state index contributed by atoms with van der Waals surface area (Å²) in [5.41, 5.74) is 1.57. The third kappa shape index (κ3) is 7.00. The van der Waals surface area contributed by atoms with E-state index in [4.69, 9.17) is 11.6 Å². The minimum absolute atomic E-state index is 0.0533. The van der Waals surface area contributed by atoms with Crippen LogP contribution in [-0.4, -0.2) is 74.1 Å². The summed E-state index contributed by atoms with van der Waals surface area (Å²) >= 11 is 9.61. The van der Waals surface area contributed by atoms with Gasteiger partial charge in [0.05, 0.1) is 11.4 Å². The van der Waals surface area contributed by atoms with Gasteiger partial charge in [-0.05, 0) is 67.2 Å². The minimum Gasteiger partial charge on any atom is -0.336 e. The zero-order chi connectivity index (χ0) is 27.3. The second kappa shape index (κ2) is 12.4. The van der Waals surface area contributed by atoms with Crippen LogP contribution >= 0.6 is 27.5 Å². The van der Waals surface area contributed by atoms with Crippen LogP contribution in [0.1, 0.15) is 15.9 Å². The molecule has 0 aromatic heterocycles. The second-order valence-electron chi connectivity index (χ2n) is 9.04. The maximum absolute atomic E-state index is 13.5. The molecule has 38 heavy (non-hydrogen) atoms. The first-order valence-electron chi connectivity index (χ1n) is 12.0. The monoisotopic (exact) mass is 618 g/mol. The number of rotatable bonds is 8. The van der Waals surface area contributed by atoms with Crippen molar-refractivity contribution in [3.63, 3.8) is 0 Å². The maximum Gasteiger partial charge on any atom is 0.253 e. The highest BCUT2D eigenvalue weighted by Gasteiger charge is 2.28. The van der Waals surface area contributed by atoms with Crippen molar-refractivity contribution in [3.8, 4) is 0 Å². The van der Waals surface area contributed by atoms with E-state index in [0.29, 0.717) is 34.9 Å². The molecule has 2 amide bonds. The van der Waals surface area contributed by atoms with E-state index >= 15 is 0 Å². The number of amides is 2. The van der Waals surface area contributed by atoms with Gasteiger partial charge in [0.15, 0.2) is 0 Å². The number of sulfonamides is 1. The normalized spacial score (nSPS) is 14.5. The van der Waals surface area contributed by atoms with Crippen LogP contribution in [0.5, 0.6) is 0 Å². The molecule has 0 bridgehead atoms. The van der Waals surface area contributed by atoms with Gasteiger partial charge in [-0.15, -0.1) is 0 Å². The number of halogens is 2. The number of likely N-dealkylation sites (N-methyl/N-ethyl adjacent to an activating group) is 1. The number of piperazine rings is 1. The van der Waals surface area contributed by atoms with Crippen molar-refractivity contribution in [3.05, 3.63) is 93.4 Å². The number of nitrogens with zero attached hydrogens (tertiary/aromatic N) is 3. The van der Waals surface area contributed by atoms with E-state index in [2.05, 4.69) is 26.1 Å². The molecule has 1 aliphatic rings. The van der Waals surface area contributed by atoms with Gasteiger partial charge in [0.25, 0.3) is 5.91 Å². The number of carbonyl (C=O) groups excluding carboxylic acids is 2. The Hall–Kier alpha value is -2.76. The highest BCUT2D eigenvalue weighted by Crippen LogP contribution is 2.24. The van der Waals surface area contributed by atoms with E-state index in [9.17, 15) is 18.0 Å². The number of hydrogen-bond acceptors (Lipinski definition) is 5. The standard InChI is InChI=1S/C27H28BrClN4O4S/c1-31-14-16-32(17-15-31)27(35)20-6-10-23(11-7-20)30-26(34)19-33(18-21-4-2-3-5-25(21)29)38(36,37)24-12-8-22(28)9-13-24/h2-13H,14-19H2,1H3,(H,30,34). The molecule has 4 rings (SSSR count). The molecule has 200 valence electrons. The number of nitrogens with one attached hydrogen (secondary N) is 1. The lowest BCUT2D eigenvalue weighted by molar-refractivity contribution is -0.116.